The van der Waals surface area contributed by atoms with Crippen molar-refractivity contribution in [3.05, 3.63) is 24.3 Å². The van der Waals surface area contributed by atoms with Crippen molar-refractivity contribution >= 4 is 17.3 Å². The molecule has 5 heteroatoms. The molecule has 1 aromatic rings. The summed E-state index contributed by atoms with van der Waals surface area (Å²) in [6.45, 7) is 2.52. The van der Waals surface area contributed by atoms with Crippen molar-refractivity contribution in [2.75, 3.05) is 43.5 Å². The maximum atomic E-state index is 12.1. The zero-order valence-corrected chi connectivity index (χ0v) is 12.8. The van der Waals surface area contributed by atoms with Crippen molar-refractivity contribution in [1.82, 2.24) is 5.32 Å². The molecule has 1 atom stereocenters. The lowest BCUT2D eigenvalue weighted by Crippen LogP contribution is -2.63. The fourth-order valence-corrected chi connectivity index (χ4v) is 3.42. The molecule has 1 heterocycles. The number of carbonyl (C=O) groups excluding carboxylic acids is 1. The van der Waals surface area contributed by atoms with Gasteiger partial charge >= 0.3 is 0 Å². The van der Waals surface area contributed by atoms with Crippen LogP contribution >= 0.6 is 0 Å². The summed E-state index contributed by atoms with van der Waals surface area (Å²) < 4.78 is 0. The van der Waals surface area contributed by atoms with E-state index in [1.54, 1.807) is 0 Å². The summed E-state index contributed by atoms with van der Waals surface area (Å²) >= 11 is 0. The molecule has 0 radical (unpaired) electrons. The zero-order chi connectivity index (χ0) is 15.0. The average Bonchev–Trinajstić information content (AvgIpc) is 3.32. The number of hydrogen-bond acceptors (Lipinski definition) is 4. The summed E-state index contributed by atoms with van der Waals surface area (Å²) in [6.07, 6.45) is 2.17. The van der Waals surface area contributed by atoms with Crippen LogP contribution in [0.15, 0.2) is 24.3 Å². The number of nitrogens with one attached hydrogen (secondary N) is 1. The Morgan fingerprint density at radius 3 is 2.57 bits per heavy atom. The van der Waals surface area contributed by atoms with Gasteiger partial charge in [0.05, 0.1) is 11.4 Å². The van der Waals surface area contributed by atoms with Crippen LogP contribution < -0.4 is 20.9 Å². The average molecular weight is 288 g/mol. The lowest BCUT2D eigenvalue weighted by Gasteiger charge is -2.42. The third-order valence-electron chi connectivity index (χ3n) is 4.94. The summed E-state index contributed by atoms with van der Waals surface area (Å²) in [6, 6.07) is 8.36. The van der Waals surface area contributed by atoms with Crippen molar-refractivity contribution in [1.29, 1.82) is 0 Å². The standard InChI is InChI=1S/C16H24N4O/c1-18-16(15(17)21,12-7-8-12)11-20-10-9-19(2)13-5-3-4-6-14(13)20/h3-6,12,18H,7-11H2,1-2H3,(H2,17,21). The number of fused-ring (bicyclic) bond motifs is 1. The smallest absolute Gasteiger partial charge is 0.239 e. The van der Waals surface area contributed by atoms with Crippen LogP contribution in [0.2, 0.25) is 0 Å². The molecular formula is C16H24N4O. The van der Waals surface area contributed by atoms with Gasteiger partial charge in [-0.25, -0.2) is 0 Å². The maximum Gasteiger partial charge on any atom is 0.239 e. The highest BCUT2D eigenvalue weighted by atomic mass is 16.1. The third-order valence-corrected chi connectivity index (χ3v) is 4.94. The highest BCUT2D eigenvalue weighted by Gasteiger charge is 2.50. The van der Waals surface area contributed by atoms with Crippen molar-refractivity contribution in [2.45, 2.75) is 18.4 Å². The van der Waals surface area contributed by atoms with Crippen LogP contribution in [-0.2, 0) is 4.79 Å². The first-order chi connectivity index (χ1) is 10.1. The molecular weight excluding hydrogens is 264 g/mol. The van der Waals surface area contributed by atoms with E-state index in [2.05, 4.69) is 40.4 Å². The molecule has 1 saturated carbocycles. The molecule has 21 heavy (non-hydrogen) atoms. The predicted octanol–water partition coefficient (Wildman–Crippen LogP) is 0.796. The van der Waals surface area contributed by atoms with Crippen LogP contribution in [-0.4, -0.2) is 45.2 Å². The van der Waals surface area contributed by atoms with Crippen LogP contribution in [0.25, 0.3) is 0 Å². The van der Waals surface area contributed by atoms with Gasteiger partial charge in [-0.1, -0.05) is 12.1 Å². The molecule has 1 amide bonds. The van der Waals surface area contributed by atoms with Crippen molar-refractivity contribution in [2.24, 2.45) is 11.7 Å². The van der Waals surface area contributed by atoms with E-state index in [-0.39, 0.29) is 5.91 Å². The first kappa shape index (κ1) is 14.2. The number of amides is 1. The van der Waals surface area contributed by atoms with Crippen LogP contribution in [0, 0.1) is 5.92 Å². The minimum atomic E-state index is -0.608. The molecule has 1 aliphatic carbocycles. The highest BCUT2D eigenvalue weighted by Crippen LogP contribution is 2.41. The van der Waals surface area contributed by atoms with Gasteiger partial charge in [0.2, 0.25) is 5.91 Å². The summed E-state index contributed by atoms with van der Waals surface area (Å²) in [4.78, 5) is 16.7. The quantitative estimate of drug-likeness (QED) is 0.841. The Morgan fingerprint density at radius 1 is 1.33 bits per heavy atom. The number of likely N-dealkylation sites (N-methyl/N-ethyl adjacent to an activating group) is 2. The lowest BCUT2D eigenvalue weighted by molar-refractivity contribution is -0.124. The summed E-state index contributed by atoms with van der Waals surface area (Å²) in [5.41, 5.74) is 7.55. The van der Waals surface area contributed by atoms with Gasteiger partial charge in [0.25, 0.3) is 0 Å². The maximum absolute atomic E-state index is 12.1. The molecule has 5 nitrogen and oxygen atoms in total. The normalized spacial score (nSPS) is 20.9. The Labute approximate surface area is 126 Å². The second-order valence-electron chi connectivity index (χ2n) is 6.19. The number of rotatable bonds is 5. The first-order valence-corrected chi connectivity index (χ1v) is 7.62. The first-order valence-electron chi connectivity index (χ1n) is 7.62. The molecule has 1 aromatic carbocycles. The van der Waals surface area contributed by atoms with Gasteiger partial charge in [0.15, 0.2) is 0 Å². The highest BCUT2D eigenvalue weighted by molar-refractivity contribution is 5.87. The Balaban J connectivity index is 1.91. The van der Waals surface area contributed by atoms with Gasteiger partial charge in [0.1, 0.15) is 5.54 Å². The van der Waals surface area contributed by atoms with E-state index < -0.39 is 5.54 Å². The molecule has 114 valence electrons. The Morgan fingerprint density at radius 2 is 2.00 bits per heavy atom. The van der Waals surface area contributed by atoms with E-state index in [0.717, 1.165) is 25.9 Å². The lowest BCUT2D eigenvalue weighted by atomic mass is 9.91. The molecule has 1 fully saturated rings. The summed E-state index contributed by atoms with van der Waals surface area (Å²) in [5.74, 6) is 0.135. The van der Waals surface area contributed by atoms with Gasteiger partial charge in [-0.3, -0.25) is 4.79 Å². The molecule has 3 N–H and O–H groups in total. The third kappa shape index (κ3) is 2.35. The number of benzene rings is 1. The molecule has 3 rings (SSSR count). The second-order valence-corrected chi connectivity index (χ2v) is 6.19. The number of anilines is 2. The van der Waals surface area contributed by atoms with E-state index in [0.29, 0.717) is 12.5 Å². The van der Waals surface area contributed by atoms with Gasteiger partial charge in [-0.2, -0.15) is 0 Å². The summed E-state index contributed by atoms with van der Waals surface area (Å²) in [7, 11) is 3.96. The number of hydrogen-bond donors (Lipinski definition) is 2. The van der Waals surface area contributed by atoms with E-state index in [9.17, 15) is 4.79 Å². The van der Waals surface area contributed by atoms with E-state index in [1.807, 2.05) is 13.1 Å². The number of nitrogens with zero attached hydrogens (tertiary/aromatic N) is 2. The summed E-state index contributed by atoms with van der Waals surface area (Å²) in [5, 5.41) is 3.24. The predicted molar refractivity (Wildman–Crippen MR) is 85.6 cm³/mol. The van der Waals surface area contributed by atoms with Crippen LogP contribution in [0.5, 0.6) is 0 Å². The Hall–Kier alpha value is -1.75. The molecule has 2 aliphatic rings. The fourth-order valence-electron chi connectivity index (χ4n) is 3.42. The Bertz CT molecular complexity index is 543. The van der Waals surface area contributed by atoms with E-state index in [4.69, 9.17) is 5.73 Å². The zero-order valence-electron chi connectivity index (χ0n) is 12.8. The van der Waals surface area contributed by atoms with Crippen molar-refractivity contribution in [3.8, 4) is 0 Å². The minimum Gasteiger partial charge on any atom is -0.371 e. The number of primary amides is 1. The van der Waals surface area contributed by atoms with Crippen LogP contribution in [0.1, 0.15) is 12.8 Å². The van der Waals surface area contributed by atoms with Crippen LogP contribution in [0.4, 0.5) is 11.4 Å². The van der Waals surface area contributed by atoms with E-state index >= 15 is 0 Å². The largest absolute Gasteiger partial charge is 0.371 e. The SMILES string of the molecule is CNC(CN1CCN(C)c2ccccc21)(C(N)=O)C1CC1. The molecule has 1 aliphatic heterocycles. The monoisotopic (exact) mass is 288 g/mol. The van der Waals surface area contributed by atoms with Gasteiger partial charge in [-0.05, 0) is 37.9 Å². The second kappa shape index (κ2) is 5.22. The number of para-hydroxylation sites is 2. The van der Waals surface area contributed by atoms with Gasteiger partial charge in [-0.15, -0.1) is 0 Å². The molecule has 1 unspecified atom stereocenters. The van der Waals surface area contributed by atoms with Crippen molar-refractivity contribution < 1.29 is 4.79 Å². The van der Waals surface area contributed by atoms with Crippen molar-refractivity contribution in [3.63, 3.8) is 0 Å². The van der Waals surface area contributed by atoms with Crippen LogP contribution in [0.3, 0.4) is 0 Å². The molecule has 0 aromatic heterocycles. The Kier molecular flexibility index (Phi) is 3.53. The minimum absolute atomic E-state index is 0.232. The number of carbonyl (C=O) groups is 1. The number of nitrogens with two attached hydrogens (primary N) is 1. The van der Waals surface area contributed by atoms with E-state index in [1.165, 1.54) is 11.4 Å². The van der Waals surface area contributed by atoms with Gasteiger partial charge in [0, 0.05) is 26.7 Å². The van der Waals surface area contributed by atoms with Gasteiger partial charge < -0.3 is 20.9 Å². The topological polar surface area (TPSA) is 61.6 Å². The fraction of sp³-hybridized carbons (Fsp3) is 0.562. The molecule has 0 bridgehead atoms. The molecule has 0 saturated heterocycles. The molecule has 0 spiro atoms.